The van der Waals surface area contributed by atoms with Crippen LogP contribution in [0.2, 0.25) is 0 Å². The molecular formula is C14H24N4O3. The Bertz CT molecular complexity index is 491. The molecule has 1 amide bonds. The third-order valence-corrected chi connectivity index (χ3v) is 2.79. The second-order valence-electron chi connectivity index (χ2n) is 5.79. The van der Waals surface area contributed by atoms with E-state index in [-0.39, 0.29) is 23.7 Å². The topological polar surface area (TPSA) is 88.2 Å². The number of hydrogen-bond donors (Lipinski definition) is 1. The first-order valence-electron chi connectivity index (χ1n) is 7.17. The van der Waals surface area contributed by atoms with Gasteiger partial charge in [0.05, 0.1) is 6.61 Å². The van der Waals surface area contributed by atoms with Gasteiger partial charge in [-0.3, -0.25) is 14.7 Å². The molecule has 0 saturated heterocycles. The molecule has 1 aromatic rings. The van der Waals surface area contributed by atoms with Crippen LogP contribution in [-0.4, -0.2) is 51.7 Å². The van der Waals surface area contributed by atoms with Crippen LogP contribution in [0.5, 0.6) is 0 Å². The van der Waals surface area contributed by atoms with E-state index < -0.39 is 5.97 Å². The standard InChI is InChI=1S/C14H24N4O3/c1-6-8-18(9-10(19)21-7-2)12(20)11-15-13(17-16-11)14(3,4)5/h6-9H2,1-5H3,(H,15,16,17). The summed E-state index contributed by atoms with van der Waals surface area (Å²) in [5.74, 6) is -0.0707. The molecule has 0 aliphatic heterocycles. The van der Waals surface area contributed by atoms with Crippen LogP contribution >= 0.6 is 0 Å². The third-order valence-electron chi connectivity index (χ3n) is 2.79. The number of ether oxygens (including phenoxy) is 1. The van der Waals surface area contributed by atoms with Crippen molar-refractivity contribution in [2.75, 3.05) is 19.7 Å². The first kappa shape index (κ1) is 17.1. The number of nitrogens with zero attached hydrogens (tertiary/aromatic N) is 3. The number of nitrogens with one attached hydrogen (secondary N) is 1. The molecule has 21 heavy (non-hydrogen) atoms. The van der Waals surface area contributed by atoms with Crippen molar-refractivity contribution in [1.82, 2.24) is 20.1 Å². The van der Waals surface area contributed by atoms with Crippen molar-refractivity contribution >= 4 is 11.9 Å². The minimum atomic E-state index is -0.425. The summed E-state index contributed by atoms with van der Waals surface area (Å²) in [6.45, 7) is 10.3. The first-order valence-corrected chi connectivity index (χ1v) is 7.17. The molecule has 0 radical (unpaired) electrons. The molecule has 7 heteroatoms. The van der Waals surface area contributed by atoms with Crippen LogP contribution in [0, 0.1) is 0 Å². The van der Waals surface area contributed by atoms with E-state index in [1.807, 2.05) is 27.7 Å². The summed E-state index contributed by atoms with van der Waals surface area (Å²) >= 11 is 0. The number of esters is 1. The predicted molar refractivity (Wildman–Crippen MR) is 77.9 cm³/mol. The number of aromatic amines is 1. The van der Waals surface area contributed by atoms with Crippen LogP contribution in [0.4, 0.5) is 0 Å². The maximum absolute atomic E-state index is 12.4. The van der Waals surface area contributed by atoms with Crippen LogP contribution in [0.3, 0.4) is 0 Å². The number of carbonyl (C=O) groups is 2. The zero-order chi connectivity index (χ0) is 16.0. The van der Waals surface area contributed by atoms with Gasteiger partial charge in [-0.25, -0.2) is 4.98 Å². The van der Waals surface area contributed by atoms with E-state index in [1.165, 1.54) is 4.90 Å². The van der Waals surface area contributed by atoms with E-state index in [0.29, 0.717) is 19.0 Å². The Morgan fingerprint density at radius 3 is 2.43 bits per heavy atom. The van der Waals surface area contributed by atoms with Gasteiger partial charge in [0.25, 0.3) is 5.91 Å². The summed E-state index contributed by atoms with van der Waals surface area (Å²) in [6, 6.07) is 0. The Kier molecular flexibility index (Phi) is 5.87. The summed E-state index contributed by atoms with van der Waals surface area (Å²) < 4.78 is 4.88. The van der Waals surface area contributed by atoms with Crippen molar-refractivity contribution in [1.29, 1.82) is 0 Å². The van der Waals surface area contributed by atoms with Gasteiger partial charge < -0.3 is 9.64 Å². The summed E-state index contributed by atoms with van der Waals surface area (Å²) in [5.41, 5.74) is -0.220. The highest BCUT2D eigenvalue weighted by atomic mass is 16.5. The highest BCUT2D eigenvalue weighted by molar-refractivity contribution is 5.92. The fourth-order valence-electron chi connectivity index (χ4n) is 1.72. The highest BCUT2D eigenvalue weighted by Gasteiger charge is 2.25. The minimum absolute atomic E-state index is 0.0812. The molecule has 0 spiro atoms. The Hall–Kier alpha value is -1.92. The van der Waals surface area contributed by atoms with Gasteiger partial charge in [0.15, 0.2) is 0 Å². The minimum Gasteiger partial charge on any atom is -0.465 e. The van der Waals surface area contributed by atoms with Crippen LogP contribution in [0.1, 0.15) is 57.5 Å². The summed E-state index contributed by atoms with van der Waals surface area (Å²) in [5, 5.41) is 6.74. The van der Waals surface area contributed by atoms with Crippen molar-refractivity contribution in [2.45, 2.75) is 46.5 Å². The van der Waals surface area contributed by atoms with Crippen LogP contribution in [0.15, 0.2) is 0 Å². The summed E-state index contributed by atoms with van der Waals surface area (Å²) in [6.07, 6.45) is 0.738. The number of rotatable bonds is 6. The highest BCUT2D eigenvalue weighted by Crippen LogP contribution is 2.17. The molecule has 0 bridgehead atoms. The van der Waals surface area contributed by atoms with Gasteiger partial charge in [-0.05, 0) is 13.3 Å². The predicted octanol–water partition coefficient (Wildman–Crippen LogP) is 1.52. The van der Waals surface area contributed by atoms with E-state index in [2.05, 4.69) is 15.2 Å². The van der Waals surface area contributed by atoms with Gasteiger partial charge in [-0.15, -0.1) is 5.10 Å². The monoisotopic (exact) mass is 296 g/mol. The van der Waals surface area contributed by atoms with Crippen molar-refractivity contribution in [2.24, 2.45) is 0 Å². The SMILES string of the molecule is CCCN(CC(=O)OCC)C(=O)c1n[nH]c(C(C)(C)C)n1. The lowest BCUT2D eigenvalue weighted by molar-refractivity contribution is -0.143. The molecular weight excluding hydrogens is 272 g/mol. The quantitative estimate of drug-likeness (QED) is 0.804. The lowest BCUT2D eigenvalue weighted by Gasteiger charge is -2.19. The molecule has 1 rings (SSSR count). The van der Waals surface area contributed by atoms with Crippen molar-refractivity contribution in [3.05, 3.63) is 11.6 Å². The second kappa shape index (κ2) is 7.19. The van der Waals surface area contributed by atoms with E-state index in [0.717, 1.165) is 6.42 Å². The average Bonchev–Trinajstić information content (AvgIpc) is 2.87. The summed E-state index contributed by atoms with van der Waals surface area (Å²) in [4.78, 5) is 29.6. The third kappa shape index (κ3) is 4.84. The van der Waals surface area contributed by atoms with Crippen LogP contribution in [-0.2, 0) is 14.9 Å². The van der Waals surface area contributed by atoms with Gasteiger partial charge >= 0.3 is 5.97 Å². The van der Waals surface area contributed by atoms with Gasteiger partial charge in [-0.2, -0.15) is 0 Å². The number of H-pyrrole nitrogens is 1. The maximum atomic E-state index is 12.4. The van der Waals surface area contributed by atoms with E-state index in [4.69, 9.17) is 4.74 Å². The molecule has 1 heterocycles. The lowest BCUT2D eigenvalue weighted by atomic mass is 9.96. The van der Waals surface area contributed by atoms with Crippen LogP contribution < -0.4 is 0 Å². The van der Waals surface area contributed by atoms with Crippen molar-refractivity contribution in [3.8, 4) is 0 Å². The average molecular weight is 296 g/mol. The van der Waals surface area contributed by atoms with Gasteiger partial charge in [0.2, 0.25) is 5.82 Å². The molecule has 0 unspecified atom stereocenters. The van der Waals surface area contributed by atoms with E-state index in [1.54, 1.807) is 6.92 Å². The zero-order valence-electron chi connectivity index (χ0n) is 13.4. The second-order valence-corrected chi connectivity index (χ2v) is 5.79. The van der Waals surface area contributed by atoms with Gasteiger partial charge in [-0.1, -0.05) is 27.7 Å². The number of amides is 1. The maximum Gasteiger partial charge on any atom is 0.325 e. The molecule has 7 nitrogen and oxygen atoms in total. The Morgan fingerprint density at radius 1 is 1.29 bits per heavy atom. The molecule has 1 N–H and O–H groups in total. The molecule has 118 valence electrons. The molecule has 0 aliphatic carbocycles. The van der Waals surface area contributed by atoms with Crippen molar-refractivity contribution in [3.63, 3.8) is 0 Å². The molecule has 1 aromatic heterocycles. The summed E-state index contributed by atoms with van der Waals surface area (Å²) in [7, 11) is 0. The smallest absolute Gasteiger partial charge is 0.325 e. The fourth-order valence-corrected chi connectivity index (χ4v) is 1.72. The molecule has 0 aliphatic rings. The van der Waals surface area contributed by atoms with Gasteiger partial charge in [0, 0.05) is 12.0 Å². The van der Waals surface area contributed by atoms with Gasteiger partial charge in [0.1, 0.15) is 12.4 Å². The van der Waals surface area contributed by atoms with Crippen molar-refractivity contribution < 1.29 is 14.3 Å². The number of carbonyl (C=O) groups excluding carboxylic acids is 2. The Balaban J connectivity index is 2.85. The normalized spacial score (nSPS) is 11.3. The van der Waals surface area contributed by atoms with Crippen LogP contribution in [0.25, 0.3) is 0 Å². The van der Waals surface area contributed by atoms with E-state index >= 15 is 0 Å². The first-order chi connectivity index (χ1) is 9.79. The Morgan fingerprint density at radius 2 is 1.95 bits per heavy atom. The largest absolute Gasteiger partial charge is 0.465 e. The van der Waals surface area contributed by atoms with E-state index in [9.17, 15) is 9.59 Å². The fraction of sp³-hybridized carbons (Fsp3) is 0.714. The molecule has 0 aromatic carbocycles. The number of aromatic nitrogens is 3. The number of hydrogen-bond acceptors (Lipinski definition) is 5. The Labute approximate surface area is 125 Å². The lowest BCUT2D eigenvalue weighted by Crippen LogP contribution is -2.37. The molecule has 0 saturated carbocycles. The molecule has 0 fully saturated rings. The zero-order valence-corrected chi connectivity index (χ0v) is 13.4. The molecule has 0 atom stereocenters.